The second-order valence-corrected chi connectivity index (χ2v) is 7.90. The van der Waals surface area contributed by atoms with Crippen molar-refractivity contribution in [2.45, 2.75) is 25.8 Å². The van der Waals surface area contributed by atoms with Gasteiger partial charge in [-0.1, -0.05) is 22.0 Å². The first-order valence-corrected chi connectivity index (χ1v) is 10.0. The summed E-state index contributed by atoms with van der Waals surface area (Å²) in [6, 6.07) is 6.75. The molecule has 4 nitrogen and oxygen atoms in total. The Labute approximate surface area is 154 Å². The molecule has 0 spiro atoms. The van der Waals surface area contributed by atoms with E-state index < -0.39 is 0 Å². The number of hydrogen-bond donors (Lipinski definition) is 1. The fourth-order valence-electron chi connectivity index (χ4n) is 3.79. The smallest absolute Gasteiger partial charge is 0.0642 e. The third kappa shape index (κ3) is 4.94. The predicted molar refractivity (Wildman–Crippen MR) is 104 cm³/mol. The van der Waals surface area contributed by atoms with E-state index in [9.17, 15) is 0 Å². The number of benzene rings is 1. The molecule has 134 valence electrons. The highest BCUT2D eigenvalue weighted by atomic mass is 79.9. The van der Waals surface area contributed by atoms with Crippen molar-refractivity contribution in [2.24, 2.45) is 5.92 Å². The first-order chi connectivity index (χ1) is 11.8. The Kier molecular flexibility index (Phi) is 6.95. The minimum Gasteiger partial charge on any atom is -0.378 e. The zero-order chi connectivity index (χ0) is 16.8. The first kappa shape index (κ1) is 18.2. The number of nitrogens with one attached hydrogen (secondary N) is 1. The lowest BCUT2D eigenvalue weighted by atomic mass is 9.93. The molecule has 2 fully saturated rings. The zero-order valence-corrected chi connectivity index (χ0v) is 16.4. The van der Waals surface area contributed by atoms with E-state index >= 15 is 0 Å². The Morgan fingerprint density at radius 3 is 2.62 bits per heavy atom. The minimum absolute atomic E-state index is 0.836. The van der Waals surface area contributed by atoms with Gasteiger partial charge in [-0.05, 0) is 69.6 Å². The fraction of sp³-hybridized carbons (Fsp3) is 0.684. The average Bonchev–Trinajstić information content (AvgIpc) is 2.63. The monoisotopic (exact) mass is 395 g/mol. The molecule has 0 atom stereocenters. The molecular formula is C19H30BrN3O. The van der Waals surface area contributed by atoms with E-state index in [-0.39, 0.29) is 0 Å². The highest BCUT2D eigenvalue weighted by molar-refractivity contribution is 9.10. The quantitative estimate of drug-likeness (QED) is 0.800. The van der Waals surface area contributed by atoms with E-state index in [1.807, 2.05) is 0 Å². The van der Waals surface area contributed by atoms with Crippen LogP contribution in [0.15, 0.2) is 22.7 Å². The highest BCUT2D eigenvalue weighted by Gasteiger charge is 2.21. The maximum absolute atomic E-state index is 5.52. The number of nitrogens with zero attached hydrogens (tertiary/aromatic N) is 2. The Hall–Kier alpha value is -0.620. The summed E-state index contributed by atoms with van der Waals surface area (Å²) in [5.41, 5.74) is 2.83. The van der Waals surface area contributed by atoms with Crippen LogP contribution in [-0.2, 0) is 11.3 Å². The Bertz CT molecular complexity index is 511. The molecule has 2 aliphatic heterocycles. The maximum Gasteiger partial charge on any atom is 0.0642 e. The van der Waals surface area contributed by atoms with Crippen molar-refractivity contribution in [2.75, 3.05) is 57.9 Å². The highest BCUT2D eigenvalue weighted by Crippen LogP contribution is 2.29. The van der Waals surface area contributed by atoms with Crippen molar-refractivity contribution in [3.05, 3.63) is 28.2 Å². The third-order valence-electron chi connectivity index (χ3n) is 5.30. The van der Waals surface area contributed by atoms with Crippen LogP contribution in [0.4, 0.5) is 5.69 Å². The minimum atomic E-state index is 0.836. The van der Waals surface area contributed by atoms with Gasteiger partial charge in [-0.2, -0.15) is 0 Å². The van der Waals surface area contributed by atoms with Crippen LogP contribution in [0.5, 0.6) is 0 Å². The molecule has 0 aromatic heterocycles. The van der Waals surface area contributed by atoms with Crippen molar-refractivity contribution < 1.29 is 4.74 Å². The van der Waals surface area contributed by atoms with E-state index in [2.05, 4.69) is 56.3 Å². The second kappa shape index (κ2) is 9.18. The molecule has 0 aliphatic carbocycles. The number of ether oxygens (including phenoxy) is 1. The van der Waals surface area contributed by atoms with Gasteiger partial charge in [0.1, 0.15) is 0 Å². The molecule has 24 heavy (non-hydrogen) atoms. The van der Waals surface area contributed by atoms with Crippen molar-refractivity contribution in [1.29, 1.82) is 0 Å². The number of halogens is 1. The van der Waals surface area contributed by atoms with Gasteiger partial charge >= 0.3 is 0 Å². The molecule has 1 aromatic rings. The van der Waals surface area contributed by atoms with Crippen molar-refractivity contribution >= 4 is 21.6 Å². The standard InChI is InChI=1S/C19H30BrN3O/c1-21-7-4-16-5-8-22(9-6-16)15-17-2-3-18(20)14-19(17)23-10-12-24-13-11-23/h2-3,14,16,21H,4-13,15H2,1H3. The molecule has 0 radical (unpaired) electrons. The molecule has 0 bridgehead atoms. The molecule has 0 saturated carbocycles. The molecule has 0 amide bonds. The third-order valence-corrected chi connectivity index (χ3v) is 5.80. The maximum atomic E-state index is 5.52. The topological polar surface area (TPSA) is 27.7 Å². The number of piperidine rings is 1. The fourth-order valence-corrected chi connectivity index (χ4v) is 4.14. The number of anilines is 1. The molecule has 5 heteroatoms. The molecule has 2 saturated heterocycles. The Morgan fingerprint density at radius 2 is 1.92 bits per heavy atom. The molecule has 1 N–H and O–H groups in total. The van der Waals surface area contributed by atoms with Crippen molar-refractivity contribution in [1.82, 2.24) is 10.2 Å². The van der Waals surface area contributed by atoms with E-state index in [0.29, 0.717) is 0 Å². The van der Waals surface area contributed by atoms with Crippen molar-refractivity contribution in [3.8, 4) is 0 Å². The van der Waals surface area contributed by atoms with Crippen LogP contribution < -0.4 is 10.2 Å². The Morgan fingerprint density at radius 1 is 1.17 bits per heavy atom. The van der Waals surface area contributed by atoms with Gasteiger partial charge in [0.05, 0.1) is 13.2 Å². The second-order valence-electron chi connectivity index (χ2n) is 6.98. The van der Waals surface area contributed by atoms with Crippen LogP contribution >= 0.6 is 15.9 Å². The SMILES string of the molecule is CNCCC1CCN(Cc2ccc(Br)cc2N2CCOCC2)CC1. The predicted octanol–water partition coefficient (Wildman–Crippen LogP) is 3.11. The van der Waals surface area contributed by atoms with Crippen LogP contribution in [0.25, 0.3) is 0 Å². The van der Waals surface area contributed by atoms with Gasteiger partial charge in [0, 0.05) is 29.8 Å². The van der Waals surface area contributed by atoms with Crippen LogP contribution in [-0.4, -0.2) is 57.9 Å². The van der Waals surface area contributed by atoms with Gasteiger partial charge < -0.3 is 15.0 Å². The van der Waals surface area contributed by atoms with Gasteiger partial charge in [-0.3, -0.25) is 4.90 Å². The summed E-state index contributed by atoms with van der Waals surface area (Å²) in [5.74, 6) is 0.900. The molecule has 0 unspecified atom stereocenters. The first-order valence-electron chi connectivity index (χ1n) is 9.24. The number of rotatable bonds is 6. The van der Waals surface area contributed by atoms with Crippen LogP contribution in [0.2, 0.25) is 0 Å². The largest absolute Gasteiger partial charge is 0.378 e. The van der Waals surface area contributed by atoms with E-state index in [1.165, 1.54) is 48.1 Å². The van der Waals surface area contributed by atoms with E-state index in [0.717, 1.165) is 45.3 Å². The molecule has 2 aliphatic rings. The number of likely N-dealkylation sites (tertiary alicyclic amines) is 1. The lowest BCUT2D eigenvalue weighted by Gasteiger charge is -2.35. The summed E-state index contributed by atoms with van der Waals surface area (Å²) < 4.78 is 6.68. The molecule has 2 heterocycles. The van der Waals surface area contributed by atoms with Crippen molar-refractivity contribution in [3.63, 3.8) is 0 Å². The summed E-state index contributed by atoms with van der Waals surface area (Å²) in [6.45, 7) is 8.34. The van der Waals surface area contributed by atoms with Gasteiger partial charge in [0.2, 0.25) is 0 Å². The lowest BCUT2D eigenvalue weighted by molar-refractivity contribution is 0.122. The summed E-state index contributed by atoms with van der Waals surface area (Å²) in [5, 5.41) is 3.28. The summed E-state index contributed by atoms with van der Waals surface area (Å²) >= 11 is 3.64. The number of hydrogen-bond acceptors (Lipinski definition) is 4. The van der Waals surface area contributed by atoms with Gasteiger partial charge in [0.25, 0.3) is 0 Å². The van der Waals surface area contributed by atoms with Crippen LogP contribution in [0, 0.1) is 5.92 Å². The molecule has 1 aromatic carbocycles. The van der Waals surface area contributed by atoms with E-state index in [1.54, 1.807) is 0 Å². The normalized spacial score (nSPS) is 20.5. The van der Waals surface area contributed by atoms with Gasteiger partial charge in [-0.15, -0.1) is 0 Å². The van der Waals surface area contributed by atoms with Gasteiger partial charge in [0.15, 0.2) is 0 Å². The molecule has 3 rings (SSSR count). The van der Waals surface area contributed by atoms with Gasteiger partial charge in [-0.25, -0.2) is 0 Å². The Balaban J connectivity index is 1.61. The summed E-state index contributed by atoms with van der Waals surface area (Å²) in [7, 11) is 2.05. The summed E-state index contributed by atoms with van der Waals surface area (Å²) in [6.07, 6.45) is 4.00. The average molecular weight is 396 g/mol. The van der Waals surface area contributed by atoms with Crippen LogP contribution in [0.1, 0.15) is 24.8 Å². The molecular weight excluding hydrogens is 366 g/mol. The van der Waals surface area contributed by atoms with Crippen LogP contribution in [0.3, 0.4) is 0 Å². The van der Waals surface area contributed by atoms with E-state index in [4.69, 9.17) is 4.74 Å². The summed E-state index contributed by atoms with van der Waals surface area (Å²) in [4.78, 5) is 5.10. The number of morpholine rings is 1. The lowest BCUT2D eigenvalue weighted by Crippen LogP contribution is -2.38. The zero-order valence-electron chi connectivity index (χ0n) is 14.8.